The Bertz CT molecular complexity index is 737. The van der Waals surface area contributed by atoms with Gasteiger partial charge in [-0.15, -0.1) is 10.2 Å². The summed E-state index contributed by atoms with van der Waals surface area (Å²) in [4.78, 5) is 4.50. The molecule has 1 N–H and O–H groups in total. The van der Waals surface area contributed by atoms with Crippen LogP contribution in [-0.2, 0) is 0 Å². The fourth-order valence-electron chi connectivity index (χ4n) is 3.26. The number of halogens is 1. The number of benzene rings is 1. The van der Waals surface area contributed by atoms with Gasteiger partial charge in [-0.05, 0) is 57.1 Å². The lowest BCUT2D eigenvalue weighted by Crippen LogP contribution is -2.45. The number of phenolic OH excluding ortho intramolecular Hbond substituents is 1. The van der Waals surface area contributed by atoms with E-state index >= 15 is 0 Å². The number of piperidine rings is 1. The van der Waals surface area contributed by atoms with Gasteiger partial charge in [0.1, 0.15) is 11.6 Å². The van der Waals surface area contributed by atoms with E-state index in [0.717, 1.165) is 37.0 Å². The summed E-state index contributed by atoms with van der Waals surface area (Å²) in [5.41, 5.74) is 1.97. The van der Waals surface area contributed by atoms with E-state index in [-0.39, 0.29) is 5.75 Å². The van der Waals surface area contributed by atoms with E-state index in [2.05, 4.69) is 27.0 Å². The van der Waals surface area contributed by atoms with Crippen LogP contribution < -0.4 is 4.90 Å². The van der Waals surface area contributed by atoms with Crippen molar-refractivity contribution in [2.45, 2.75) is 25.8 Å². The number of aromatic nitrogens is 2. The molecule has 0 bridgehead atoms. The van der Waals surface area contributed by atoms with Gasteiger partial charge in [0.2, 0.25) is 0 Å². The van der Waals surface area contributed by atoms with Crippen molar-refractivity contribution in [3.05, 3.63) is 35.6 Å². The van der Waals surface area contributed by atoms with Crippen LogP contribution >= 0.6 is 0 Å². The maximum atomic E-state index is 13.2. The maximum absolute atomic E-state index is 13.2. The fourth-order valence-corrected chi connectivity index (χ4v) is 3.26. The molecule has 0 saturated carbocycles. The predicted molar refractivity (Wildman–Crippen MR) is 92.7 cm³/mol. The molecule has 6 heteroatoms. The molecule has 128 valence electrons. The number of phenols is 1. The molecule has 0 unspecified atom stereocenters. The molecule has 3 rings (SSSR count). The van der Waals surface area contributed by atoms with Gasteiger partial charge in [-0.1, -0.05) is 0 Å². The van der Waals surface area contributed by atoms with Crippen molar-refractivity contribution in [2.24, 2.45) is 0 Å². The summed E-state index contributed by atoms with van der Waals surface area (Å²) < 4.78 is 13.2. The number of aromatic hydroxyl groups is 1. The minimum atomic E-state index is -0.473. The van der Waals surface area contributed by atoms with Crippen LogP contribution in [0.25, 0.3) is 11.3 Å². The van der Waals surface area contributed by atoms with E-state index < -0.39 is 5.82 Å². The van der Waals surface area contributed by atoms with E-state index in [1.54, 1.807) is 0 Å². The van der Waals surface area contributed by atoms with Gasteiger partial charge >= 0.3 is 0 Å². The summed E-state index contributed by atoms with van der Waals surface area (Å²) in [6, 6.07) is 6.33. The van der Waals surface area contributed by atoms with Crippen LogP contribution in [0.2, 0.25) is 0 Å². The average Bonchev–Trinajstić information content (AvgIpc) is 2.55. The van der Waals surface area contributed by atoms with Crippen LogP contribution in [-0.4, -0.2) is 53.4 Å². The summed E-state index contributed by atoms with van der Waals surface area (Å²) in [6.45, 7) is 4.08. The van der Waals surface area contributed by atoms with Crippen LogP contribution in [0.3, 0.4) is 0 Å². The van der Waals surface area contributed by atoms with Crippen molar-refractivity contribution >= 4 is 5.82 Å². The van der Waals surface area contributed by atoms with E-state index in [1.807, 2.05) is 20.0 Å². The first-order valence-corrected chi connectivity index (χ1v) is 8.20. The average molecular weight is 330 g/mol. The van der Waals surface area contributed by atoms with E-state index in [1.165, 1.54) is 18.6 Å². The minimum Gasteiger partial charge on any atom is -0.507 e. The lowest BCUT2D eigenvalue weighted by molar-refractivity contribution is 0.247. The van der Waals surface area contributed by atoms with Crippen molar-refractivity contribution in [1.82, 2.24) is 15.1 Å². The molecular weight excluding hydrogens is 307 g/mol. The normalized spacial score (nSPS) is 18.6. The Balaban J connectivity index is 1.86. The summed E-state index contributed by atoms with van der Waals surface area (Å²) in [5.74, 6) is 0.222. The standard InChI is InChI=1S/C18H23FN4O/c1-12-9-17(23(3)14-5-4-8-22(2)11-14)20-21-18(12)15-7-6-13(19)10-16(15)24/h6-7,9-10,14,24H,4-5,8,11H2,1-3H3/t14-/m1/s1. The number of anilines is 1. The van der Waals surface area contributed by atoms with Gasteiger partial charge in [-0.3, -0.25) is 0 Å². The van der Waals surface area contributed by atoms with Gasteiger partial charge in [0.05, 0.1) is 5.69 Å². The highest BCUT2D eigenvalue weighted by atomic mass is 19.1. The Morgan fingerprint density at radius 3 is 2.75 bits per heavy atom. The van der Waals surface area contributed by atoms with Crippen LogP contribution in [0.5, 0.6) is 5.75 Å². The zero-order valence-corrected chi connectivity index (χ0v) is 14.3. The molecular formula is C18H23FN4O. The smallest absolute Gasteiger partial charge is 0.151 e. The first-order chi connectivity index (χ1) is 11.5. The zero-order valence-electron chi connectivity index (χ0n) is 14.3. The quantitative estimate of drug-likeness (QED) is 0.938. The Kier molecular flexibility index (Phi) is 4.66. The minimum absolute atomic E-state index is 0.123. The molecule has 0 aliphatic carbocycles. The largest absolute Gasteiger partial charge is 0.507 e. The molecule has 1 saturated heterocycles. The predicted octanol–water partition coefficient (Wildman–Crippen LogP) is 2.83. The lowest BCUT2D eigenvalue weighted by Gasteiger charge is -2.36. The molecule has 1 aliphatic rings. The molecule has 1 aromatic carbocycles. The third-order valence-electron chi connectivity index (χ3n) is 4.70. The Morgan fingerprint density at radius 2 is 2.08 bits per heavy atom. The zero-order chi connectivity index (χ0) is 17.3. The molecule has 5 nitrogen and oxygen atoms in total. The van der Waals surface area contributed by atoms with E-state index in [4.69, 9.17) is 0 Å². The number of rotatable bonds is 3. The second-order valence-corrected chi connectivity index (χ2v) is 6.56. The van der Waals surface area contributed by atoms with Crippen molar-refractivity contribution in [3.8, 4) is 17.0 Å². The topological polar surface area (TPSA) is 52.5 Å². The van der Waals surface area contributed by atoms with Gasteiger partial charge in [-0.2, -0.15) is 0 Å². The Labute approximate surface area is 141 Å². The third kappa shape index (κ3) is 3.33. The maximum Gasteiger partial charge on any atom is 0.151 e. The third-order valence-corrected chi connectivity index (χ3v) is 4.70. The molecule has 2 aromatic rings. The number of likely N-dealkylation sites (N-methyl/N-ethyl adjacent to an activating group) is 2. The second-order valence-electron chi connectivity index (χ2n) is 6.56. The van der Waals surface area contributed by atoms with Gasteiger partial charge in [0.15, 0.2) is 5.82 Å². The van der Waals surface area contributed by atoms with E-state index in [0.29, 0.717) is 17.3 Å². The SMILES string of the molecule is Cc1cc(N(C)[C@@H]2CCCN(C)C2)nnc1-c1ccc(F)cc1O. The highest BCUT2D eigenvalue weighted by Crippen LogP contribution is 2.31. The highest BCUT2D eigenvalue weighted by Gasteiger charge is 2.23. The fraction of sp³-hybridized carbons (Fsp3) is 0.444. The van der Waals surface area contributed by atoms with Crippen molar-refractivity contribution in [2.75, 3.05) is 32.1 Å². The second kappa shape index (κ2) is 6.73. The number of hydrogen-bond acceptors (Lipinski definition) is 5. The summed E-state index contributed by atoms with van der Waals surface area (Å²) >= 11 is 0. The van der Waals surface area contributed by atoms with Crippen molar-refractivity contribution in [3.63, 3.8) is 0 Å². The molecule has 2 heterocycles. The molecule has 0 spiro atoms. The molecule has 1 fully saturated rings. The Morgan fingerprint density at radius 1 is 1.29 bits per heavy atom. The first-order valence-electron chi connectivity index (χ1n) is 8.20. The van der Waals surface area contributed by atoms with Crippen molar-refractivity contribution < 1.29 is 9.50 Å². The summed E-state index contributed by atoms with van der Waals surface area (Å²) in [6.07, 6.45) is 2.32. The molecule has 1 aliphatic heterocycles. The highest BCUT2D eigenvalue weighted by molar-refractivity contribution is 5.70. The molecule has 1 atom stereocenters. The number of likely N-dealkylation sites (tertiary alicyclic amines) is 1. The lowest BCUT2D eigenvalue weighted by atomic mass is 10.0. The van der Waals surface area contributed by atoms with Crippen LogP contribution in [0, 0.1) is 12.7 Å². The molecule has 0 amide bonds. The van der Waals surface area contributed by atoms with Gasteiger partial charge in [-0.25, -0.2) is 4.39 Å². The summed E-state index contributed by atoms with van der Waals surface area (Å²) in [7, 11) is 4.18. The first kappa shape index (κ1) is 16.6. The van der Waals surface area contributed by atoms with Crippen LogP contribution in [0.4, 0.5) is 10.2 Å². The van der Waals surface area contributed by atoms with Crippen LogP contribution in [0.15, 0.2) is 24.3 Å². The van der Waals surface area contributed by atoms with Crippen LogP contribution in [0.1, 0.15) is 18.4 Å². The number of hydrogen-bond donors (Lipinski definition) is 1. The monoisotopic (exact) mass is 330 g/mol. The number of nitrogens with zero attached hydrogens (tertiary/aromatic N) is 4. The molecule has 0 radical (unpaired) electrons. The molecule has 1 aromatic heterocycles. The summed E-state index contributed by atoms with van der Waals surface area (Å²) in [5, 5.41) is 18.6. The van der Waals surface area contributed by atoms with Gasteiger partial charge in [0, 0.05) is 31.3 Å². The molecule has 24 heavy (non-hydrogen) atoms. The Hall–Kier alpha value is -2.21. The van der Waals surface area contributed by atoms with Crippen molar-refractivity contribution in [1.29, 1.82) is 0 Å². The van der Waals surface area contributed by atoms with Gasteiger partial charge < -0.3 is 14.9 Å². The van der Waals surface area contributed by atoms with Gasteiger partial charge in [0.25, 0.3) is 0 Å². The number of aryl methyl sites for hydroxylation is 1. The van der Waals surface area contributed by atoms with E-state index in [9.17, 15) is 9.50 Å².